The molecule has 13 heteroatoms. The van der Waals surface area contributed by atoms with Crippen molar-refractivity contribution in [3.63, 3.8) is 0 Å². The molecule has 1 spiro atoms. The van der Waals surface area contributed by atoms with Gasteiger partial charge < -0.3 is 14.5 Å². The number of amides is 5. The molecule has 5 amide bonds. The van der Waals surface area contributed by atoms with E-state index in [2.05, 4.69) is 65.6 Å². The summed E-state index contributed by atoms with van der Waals surface area (Å²) in [7, 11) is 0. The molecular formula is C47H45ClN6O6. The fraction of sp³-hybridized carbons (Fsp3) is 0.447. The van der Waals surface area contributed by atoms with Crippen molar-refractivity contribution >= 4 is 52.5 Å². The van der Waals surface area contributed by atoms with Crippen LogP contribution in [0.5, 0.6) is 5.75 Å². The molecule has 3 saturated heterocycles. The predicted molar refractivity (Wildman–Crippen MR) is 223 cm³/mol. The van der Waals surface area contributed by atoms with Crippen molar-refractivity contribution in [2.24, 2.45) is 22.2 Å². The zero-order valence-electron chi connectivity index (χ0n) is 34.0. The van der Waals surface area contributed by atoms with Gasteiger partial charge in [0.25, 0.3) is 17.7 Å². The van der Waals surface area contributed by atoms with Crippen LogP contribution >= 0.6 is 11.6 Å². The molecule has 5 heterocycles. The van der Waals surface area contributed by atoms with E-state index in [1.165, 1.54) is 0 Å². The van der Waals surface area contributed by atoms with Crippen LogP contribution in [0.15, 0.2) is 54.6 Å². The second-order valence-electron chi connectivity index (χ2n) is 19.1. The van der Waals surface area contributed by atoms with E-state index in [0.29, 0.717) is 51.5 Å². The standard InChI is InChI=1S/C47H45ClN6O6/c1-45(2)43(46(3,4)44(45)60-31-10-13-36(49-5)35(48)18-31)53-21-28-16-26(8-11-32(28)40(53)57)6-7-27-19-47(20-27)24-52(25-47)30-22-51(23-30)29-9-12-33-34(17-29)42(59)54(41(33)58)37-14-15-38(55)50-39(37)56/h8-13,16-18,27,30,37,43-44H,14-15,19-25H2,1-4H3,(H,50,55,56). The van der Waals surface area contributed by atoms with Gasteiger partial charge in [0.1, 0.15) is 17.9 Å². The molecular weight excluding hydrogens is 780 g/mol. The molecule has 12 nitrogen and oxygen atoms in total. The largest absolute Gasteiger partial charge is 0.489 e. The average Bonchev–Trinajstić information content (AvgIpc) is 3.59. The minimum atomic E-state index is -0.972. The van der Waals surface area contributed by atoms with Crippen LogP contribution in [-0.4, -0.2) is 94.6 Å². The molecule has 2 saturated carbocycles. The highest BCUT2D eigenvalue weighted by atomic mass is 35.5. The van der Waals surface area contributed by atoms with Crippen LogP contribution < -0.4 is 15.0 Å². The van der Waals surface area contributed by atoms with Crippen LogP contribution in [0, 0.1) is 40.6 Å². The summed E-state index contributed by atoms with van der Waals surface area (Å²) in [5, 5.41) is 2.61. The second-order valence-corrected chi connectivity index (χ2v) is 19.5. The van der Waals surface area contributed by atoms with Gasteiger partial charge in [-0.05, 0) is 78.8 Å². The Hall–Kier alpha value is -5.69. The highest BCUT2D eigenvalue weighted by Gasteiger charge is 2.67. The summed E-state index contributed by atoms with van der Waals surface area (Å²) >= 11 is 6.30. The van der Waals surface area contributed by atoms with Crippen molar-refractivity contribution in [1.82, 2.24) is 20.0 Å². The molecule has 306 valence electrons. The molecule has 60 heavy (non-hydrogen) atoms. The summed E-state index contributed by atoms with van der Waals surface area (Å²) in [5.41, 5.74) is 4.21. The number of halogens is 1. The molecule has 10 rings (SSSR count). The molecule has 5 fully saturated rings. The number of piperidine rings is 1. The summed E-state index contributed by atoms with van der Waals surface area (Å²) in [6.07, 6.45) is 2.23. The molecule has 0 aromatic heterocycles. The Labute approximate surface area is 354 Å². The number of benzene rings is 3. The van der Waals surface area contributed by atoms with Gasteiger partial charge in [-0.3, -0.25) is 39.1 Å². The maximum Gasteiger partial charge on any atom is 0.262 e. The van der Waals surface area contributed by atoms with Gasteiger partial charge in [-0.15, -0.1) is 0 Å². The number of hydrogen-bond acceptors (Lipinski definition) is 8. The van der Waals surface area contributed by atoms with E-state index >= 15 is 0 Å². The van der Waals surface area contributed by atoms with Gasteiger partial charge in [0.05, 0.1) is 22.7 Å². The maximum absolute atomic E-state index is 13.8. The van der Waals surface area contributed by atoms with Gasteiger partial charge in [-0.1, -0.05) is 57.2 Å². The number of likely N-dealkylation sites (tertiary alicyclic amines) is 1. The van der Waals surface area contributed by atoms with Gasteiger partial charge in [-0.2, -0.15) is 0 Å². The van der Waals surface area contributed by atoms with Gasteiger partial charge in [-0.25, -0.2) is 4.85 Å². The van der Waals surface area contributed by atoms with E-state index < -0.39 is 29.7 Å². The number of carbonyl (C=O) groups excluding carboxylic acids is 5. The van der Waals surface area contributed by atoms with Crippen LogP contribution in [0.3, 0.4) is 0 Å². The quantitative estimate of drug-likeness (QED) is 0.180. The number of hydrogen-bond donors (Lipinski definition) is 1. The molecule has 1 N–H and O–H groups in total. The van der Waals surface area contributed by atoms with Crippen LogP contribution in [-0.2, 0) is 16.1 Å². The lowest BCUT2D eigenvalue weighted by molar-refractivity contribution is -0.199. The third-order valence-electron chi connectivity index (χ3n) is 14.3. The van der Waals surface area contributed by atoms with Crippen molar-refractivity contribution in [2.75, 3.05) is 31.1 Å². The number of ether oxygens (including phenoxy) is 1. The SMILES string of the molecule is [C-]#[N+]c1ccc(OC2C(C)(C)C(N3Cc4cc(C#CC5CC6(C5)CN(C5CN(c7ccc8c(c7)C(=O)N(C7CCC(=O)NC7=O)C8=O)C5)C6)ccc4C3=O)C2(C)C)cc1Cl. The highest BCUT2D eigenvalue weighted by Crippen LogP contribution is 2.59. The zero-order valence-corrected chi connectivity index (χ0v) is 34.8. The van der Waals surface area contributed by atoms with E-state index in [4.69, 9.17) is 22.9 Å². The van der Waals surface area contributed by atoms with Gasteiger partial charge in [0, 0.05) is 84.8 Å². The number of anilines is 1. The van der Waals surface area contributed by atoms with E-state index in [9.17, 15) is 24.0 Å². The molecule has 1 atom stereocenters. The third-order valence-corrected chi connectivity index (χ3v) is 14.6. The zero-order chi connectivity index (χ0) is 42.0. The third kappa shape index (κ3) is 5.86. The van der Waals surface area contributed by atoms with Crippen LogP contribution in [0.2, 0.25) is 5.02 Å². The Morgan fingerprint density at radius 1 is 0.867 bits per heavy atom. The van der Waals surface area contributed by atoms with E-state index in [0.717, 1.165) is 66.3 Å². The number of fused-ring (bicyclic) bond motifs is 2. The Morgan fingerprint density at radius 2 is 1.58 bits per heavy atom. The first-order valence-corrected chi connectivity index (χ1v) is 21.1. The lowest BCUT2D eigenvalue weighted by Crippen LogP contribution is -2.74. The molecule has 3 aromatic rings. The molecule has 5 aliphatic heterocycles. The first-order valence-electron chi connectivity index (χ1n) is 20.7. The average molecular weight is 825 g/mol. The van der Waals surface area contributed by atoms with Crippen molar-refractivity contribution in [1.29, 1.82) is 0 Å². The molecule has 0 bridgehead atoms. The number of nitrogens with zero attached hydrogens (tertiary/aromatic N) is 5. The minimum absolute atomic E-state index is 0.0425. The molecule has 2 aliphatic carbocycles. The molecule has 7 aliphatic rings. The summed E-state index contributed by atoms with van der Waals surface area (Å²) in [4.78, 5) is 75.5. The highest BCUT2D eigenvalue weighted by molar-refractivity contribution is 6.33. The first-order chi connectivity index (χ1) is 28.6. The number of imide groups is 2. The van der Waals surface area contributed by atoms with Crippen LogP contribution in [0.4, 0.5) is 11.4 Å². The summed E-state index contributed by atoms with van der Waals surface area (Å²) in [5.74, 6) is 5.99. The first kappa shape index (κ1) is 38.5. The Bertz CT molecular complexity index is 2530. The molecule has 3 aromatic carbocycles. The molecule has 0 radical (unpaired) electrons. The Kier molecular flexibility index (Phi) is 8.60. The predicted octanol–water partition coefficient (Wildman–Crippen LogP) is 6.08. The molecule has 1 unspecified atom stereocenters. The summed E-state index contributed by atoms with van der Waals surface area (Å²) in [6.45, 7) is 20.2. The summed E-state index contributed by atoms with van der Waals surface area (Å²) in [6, 6.07) is 15.9. The van der Waals surface area contributed by atoms with Gasteiger partial charge in [0.2, 0.25) is 17.5 Å². The second kappa shape index (κ2) is 13.4. The monoisotopic (exact) mass is 824 g/mol. The van der Waals surface area contributed by atoms with Crippen molar-refractivity contribution in [3.8, 4) is 17.6 Å². The van der Waals surface area contributed by atoms with E-state index in [1.807, 2.05) is 23.1 Å². The lowest BCUT2D eigenvalue weighted by atomic mass is 9.49. The summed E-state index contributed by atoms with van der Waals surface area (Å²) < 4.78 is 6.48. The fourth-order valence-corrected chi connectivity index (χ4v) is 12.0. The maximum atomic E-state index is 13.8. The normalized spacial score (nSPS) is 26.2. The van der Waals surface area contributed by atoms with E-state index in [1.54, 1.807) is 30.3 Å². The lowest BCUT2D eigenvalue weighted by Gasteiger charge is -2.65. The van der Waals surface area contributed by atoms with Crippen molar-refractivity contribution in [2.45, 2.75) is 84.2 Å². The van der Waals surface area contributed by atoms with Gasteiger partial charge >= 0.3 is 0 Å². The fourth-order valence-electron chi connectivity index (χ4n) is 11.8. The number of nitrogens with one attached hydrogen (secondary N) is 1. The minimum Gasteiger partial charge on any atom is -0.489 e. The smallest absolute Gasteiger partial charge is 0.262 e. The van der Waals surface area contributed by atoms with Crippen molar-refractivity contribution in [3.05, 3.63) is 98.9 Å². The van der Waals surface area contributed by atoms with E-state index in [-0.39, 0.29) is 41.7 Å². The number of rotatable bonds is 6. The van der Waals surface area contributed by atoms with Crippen molar-refractivity contribution < 1.29 is 28.7 Å². The Morgan fingerprint density at radius 3 is 2.28 bits per heavy atom. The Balaban J connectivity index is 0.709. The number of carbonyl (C=O) groups is 5. The topological polar surface area (TPSA) is 124 Å². The van der Waals surface area contributed by atoms with Crippen LogP contribution in [0.1, 0.15) is 95.6 Å². The van der Waals surface area contributed by atoms with Crippen LogP contribution in [0.25, 0.3) is 4.85 Å². The van der Waals surface area contributed by atoms with Gasteiger partial charge in [0.15, 0.2) is 0 Å².